The van der Waals surface area contributed by atoms with Gasteiger partial charge in [0.05, 0.1) is 15.7 Å². The van der Waals surface area contributed by atoms with E-state index in [9.17, 15) is 19.7 Å². The quantitative estimate of drug-likeness (QED) is 0.691. The molecule has 1 N–H and O–H groups in total. The molecule has 1 unspecified atom stereocenters. The first-order chi connectivity index (χ1) is 9.88. The second kappa shape index (κ2) is 5.53. The van der Waals surface area contributed by atoms with E-state index in [-0.39, 0.29) is 27.4 Å². The molecule has 1 amide bonds. The summed E-state index contributed by atoms with van der Waals surface area (Å²) in [5, 5.41) is 13.8. The van der Waals surface area contributed by atoms with Gasteiger partial charge in [-0.25, -0.2) is 0 Å². The van der Waals surface area contributed by atoms with Crippen LogP contribution >= 0.6 is 11.6 Å². The zero-order chi connectivity index (χ0) is 15.7. The van der Waals surface area contributed by atoms with E-state index in [0.29, 0.717) is 0 Å². The van der Waals surface area contributed by atoms with Crippen molar-refractivity contribution >= 4 is 34.0 Å². The molecule has 2 aromatic rings. The highest BCUT2D eigenvalue weighted by Crippen LogP contribution is 2.31. The summed E-state index contributed by atoms with van der Waals surface area (Å²) >= 11 is 5.81. The Balaban J connectivity index is 2.76. The number of pyridine rings is 1. The van der Waals surface area contributed by atoms with Crippen molar-refractivity contribution in [2.24, 2.45) is 0 Å². The van der Waals surface area contributed by atoms with Crippen molar-refractivity contribution in [3.8, 4) is 0 Å². The molecular formula is C13H12ClN3O4. The third kappa shape index (κ3) is 2.47. The van der Waals surface area contributed by atoms with Gasteiger partial charge < -0.3 is 9.88 Å². The molecule has 1 atom stereocenters. The highest BCUT2D eigenvalue weighted by Gasteiger charge is 2.21. The molecule has 0 saturated carbocycles. The molecule has 1 aromatic carbocycles. The zero-order valence-electron chi connectivity index (χ0n) is 11.3. The van der Waals surface area contributed by atoms with Crippen LogP contribution < -0.4 is 10.9 Å². The van der Waals surface area contributed by atoms with Gasteiger partial charge in [0.1, 0.15) is 11.1 Å². The van der Waals surface area contributed by atoms with Crippen molar-refractivity contribution in [2.45, 2.75) is 13.0 Å². The summed E-state index contributed by atoms with van der Waals surface area (Å²) in [6, 6.07) is 3.42. The summed E-state index contributed by atoms with van der Waals surface area (Å²) in [4.78, 5) is 34.5. The van der Waals surface area contributed by atoms with Crippen molar-refractivity contribution in [1.29, 1.82) is 0 Å². The number of fused-ring (bicyclic) bond motifs is 1. The predicted octanol–water partition coefficient (Wildman–Crippen LogP) is 1.87. The maximum atomic E-state index is 12.4. The van der Waals surface area contributed by atoms with Gasteiger partial charge in [-0.1, -0.05) is 11.6 Å². The Kier molecular flexibility index (Phi) is 3.95. The van der Waals surface area contributed by atoms with Crippen LogP contribution in [0.2, 0.25) is 5.02 Å². The fraction of sp³-hybridized carbons (Fsp3) is 0.231. The molecule has 8 heteroatoms. The van der Waals surface area contributed by atoms with E-state index in [4.69, 9.17) is 11.6 Å². The normalized spacial score (nSPS) is 12.1. The van der Waals surface area contributed by atoms with Crippen LogP contribution in [-0.4, -0.2) is 22.4 Å². The number of nitrogens with zero attached hydrogens (tertiary/aromatic N) is 2. The van der Waals surface area contributed by atoms with Crippen molar-refractivity contribution in [2.75, 3.05) is 7.05 Å². The van der Waals surface area contributed by atoms with Crippen LogP contribution in [0, 0.1) is 10.1 Å². The molecule has 1 heterocycles. The molecule has 2 rings (SSSR count). The van der Waals surface area contributed by atoms with E-state index in [1.807, 2.05) is 0 Å². The second-order valence-corrected chi connectivity index (χ2v) is 4.84. The Morgan fingerprint density at radius 1 is 1.38 bits per heavy atom. The first kappa shape index (κ1) is 15.0. The molecule has 0 spiro atoms. The Bertz CT molecular complexity index is 800. The van der Waals surface area contributed by atoms with Crippen molar-refractivity contribution in [3.63, 3.8) is 0 Å². The molecular weight excluding hydrogens is 298 g/mol. The first-order valence-electron chi connectivity index (χ1n) is 6.07. The number of nitro groups is 1. The van der Waals surface area contributed by atoms with E-state index in [1.54, 1.807) is 6.92 Å². The van der Waals surface area contributed by atoms with Crippen molar-refractivity contribution in [3.05, 3.63) is 49.9 Å². The molecule has 21 heavy (non-hydrogen) atoms. The topological polar surface area (TPSA) is 94.2 Å². The number of rotatable bonds is 3. The molecule has 0 bridgehead atoms. The maximum absolute atomic E-state index is 12.4. The van der Waals surface area contributed by atoms with Crippen LogP contribution in [0.4, 0.5) is 5.69 Å². The molecule has 0 aliphatic heterocycles. The SMILES string of the molecule is CNC(=O)C(C)n1ccc2c([N+](=O)[O-])c(Cl)ccc2c1=O. The summed E-state index contributed by atoms with van der Waals surface area (Å²) in [6.45, 7) is 1.57. The lowest BCUT2D eigenvalue weighted by molar-refractivity contribution is -0.382. The van der Waals surface area contributed by atoms with Gasteiger partial charge in [-0.3, -0.25) is 19.7 Å². The van der Waals surface area contributed by atoms with Crippen LogP contribution in [0.1, 0.15) is 13.0 Å². The predicted molar refractivity (Wildman–Crippen MR) is 78.7 cm³/mol. The highest BCUT2D eigenvalue weighted by atomic mass is 35.5. The Hall–Kier alpha value is -2.41. The van der Waals surface area contributed by atoms with Gasteiger partial charge in [-0.05, 0) is 25.1 Å². The minimum atomic E-state index is -0.721. The number of nitro benzene ring substituents is 1. The Morgan fingerprint density at radius 3 is 2.62 bits per heavy atom. The molecule has 7 nitrogen and oxygen atoms in total. The zero-order valence-corrected chi connectivity index (χ0v) is 12.0. The lowest BCUT2D eigenvalue weighted by Crippen LogP contribution is -2.33. The number of hydrogen-bond acceptors (Lipinski definition) is 4. The van der Waals surface area contributed by atoms with Crippen LogP contribution in [0.3, 0.4) is 0 Å². The number of halogens is 1. The van der Waals surface area contributed by atoms with E-state index in [1.165, 1.54) is 36.0 Å². The molecule has 110 valence electrons. The number of nitrogens with one attached hydrogen (secondary N) is 1. The van der Waals surface area contributed by atoms with Crippen LogP contribution in [0.5, 0.6) is 0 Å². The minimum absolute atomic E-state index is 0.0380. The lowest BCUT2D eigenvalue weighted by Gasteiger charge is -2.14. The van der Waals surface area contributed by atoms with E-state index < -0.39 is 16.5 Å². The number of carbonyl (C=O) groups excluding carboxylic acids is 1. The van der Waals surface area contributed by atoms with Crippen LogP contribution in [0.25, 0.3) is 10.8 Å². The Labute approximate surface area is 124 Å². The van der Waals surface area contributed by atoms with E-state index in [0.717, 1.165) is 0 Å². The molecule has 1 aromatic heterocycles. The van der Waals surface area contributed by atoms with Gasteiger partial charge >= 0.3 is 0 Å². The van der Waals surface area contributed by atoms with Crippen LogP contribution in [-0.2, 0) is 4.79 Å². The van der Waals surface area contributed by atoms with E-state index in [2.05, 4.69) is 5.32 Å². The summed E-state index contributed by atoms with van der Waals surface area (Å²) in [6.07, 6.45) is 1.36. The Morgan fingerprint density at radius 2 is 2.05 bits per heavy atom. The number of likely N-dealkylation sites (N-methyl/N-ethyl adjacent to an activating group) is 1. The smallest absolute Gasteiger partial charge is 0.295 e. The first-order valence-corrected chi connectivity index (χ1v) is 6.45. The highest BCUT2D eigenvalue weighted by molar-refractivity contribution is 6.34. The summed E-state index contributed by atoms with van der Waals surface area (Å²) in [5.74, 6) is -0.333. The number of aromatic nitrogens is 1. The largest absolute Gasteiger partial charge is 0.357 e. The average molecular weight is 310 g/mol. The number of amides is 1. The molecule has 0 fully saturated rings. The van der Waals surface area contributed by atoms with Crippen molar-refractivity contribution < 1.29 is 9.72 Å². The molecule has 0 radical (unpaired) electrons. The summed E-state index contributed by atoms with van der Waals surface area (Å²) in [7, 11) is 1.47. The lowest BCUT2D eigenvalue weighted by atomic mass is 10.1. The van der Waals surface area contributed by atoms with Gasteiger partial charge in [0, 0.05) is 13.2 Å². The number of carbonyl (C=O) groups is 1. The maximum Gasteiger partial charge on any atom is 0.295 e. The average Bonchev–Trinajstić information content (AvgIpc) is 2.45. The molecule has 0 aliphatic rings. The summed E-state index contributed by atoms with van der Waals surface area (Å²) < 4.78 is 1.22. The molecule has 0 aliphatic carbocycles. The standard InChI is InChI=1S/C13H12ClN3O4/c1-7(12(18)15-2)16-6-5-8-9(13(16)19)3-4-10(14)11(8)17(20)21/h3-7H,1-2H3,(H,15,18). The fourth-order valence-corrected chi connectivity index (χ4v) is 2.36. The number of hydrogen-bond donors (Lipinski definition) is 1. The van der Waals surface area contributed by atoms with Gasteiger partial charge in [0.15, 0.2) is 0 Å². The van der Waals surface area contributed by atoms with Crippen LogP contribution in [0.15, 0.2) is 29.2 Å². The van der Waals surface area contributed by atoms with Gasteiger partial charge in [-0.15, -0.1) is 0 Å². The van der Waals surface area contributed by atoms with E-state index >= 15 is 0 Å². The van der Waals surface area contributed by atoms with Gasteiger partial charge in [-0.2, -0.15) is 0 Å². The third-order valence-corrected chi connectivity index (χ3v) is 3.57. The second-order valence-electron chi connectivity index (χ2n) is 4.43. The van der Waals surface area contributed by atoms with Gasteiger partial charge in [0.2, 0.25) is 5.91 Å². The summed E-state index contributed by atoms with van der Waals surface area (Å²) in [5.41, 5.74) is -0.797. The van der Waals surface area contributed by atoms with Crippen molar-refractivity contribution in [1.82, 2.24) is 9.88 Å². The number of benzene rings is 1. The fourth-order valence-electron chi connectivity index (χ4n) is 2.12. The van der Waals surface area contributed by atoms with Gasteiger partial charge in [0.25, 0.3) is 11.2 Å². The molecule has 0 saturated heterocycles. The third-order valence-electron chi connectivity index (χ3n) is 3.26. The monoisotopic (exact) mass is 309 g/mol. The minimum Gasteiger partial charge on any atom is -0.357 e.